The predicted molar refractivity (Wildman–Crippen MR) is 76.3 cm³/mol. The number of nitrogens with one attached hydrogen (secondary N) is 1. The molecule has 20 heavy (non-hydrogen) atoms. The Kier molecular flexibility index (Phi) is 3.59. The third kappa shape index (κ3) is 2.62. The number of ether oxygens (including phenoxy) is 2. The van der Waals surface area contributed by atoms with Crippen LogP contribution in [0.1, 0.15) is 30.0 Å². The van der Waals surface area contributed by atoms with E-state index in [4.69, 9.17) is 25.5 Å². The summed E-state index contributed by atoms with van der Waals surface area (Å²) in [7, 11) is 0. The van der Waals surface area contributed by atoms with Gasteiger partial charge in [-0.15, -0.1) is 0 Å². The molecule has 5 heteroatoms. The summed E-state index contributed by atoms with van der Waals surface area (Å²) in [6, 6.07) is 7.92. The van der Waals surface area contributed by atoms with E-state index in [2.05, 4.69) is 12.2 Å². The van der Waals surface area contributed by atoms with E-state index in [-0.39, 0.29) is 12.8 Å². The van der Waals surface area contributed by atoms with Gasteiger partial charge in [-0.1, -0.05) is 11.6 Å². The number of halogens is 1. The van der Waals surface area contributed by atoms with Gasteiger partial charge in [-0.2, -0.15) is 0 Å². The van der Waals surface area contributed by atoms with Crippen molar-refractivity contribution in [1.82, 2.24) is 5.32 Å². The lowest BCUT2D eigenvalue weighted by molar-refractivity contribution is 0.174. The second-order valence-electron chi connectivity index (χ2n) is 4.86. The van der Waals surface area contributed by atoms with Crippen molar-refractivity contribution in [3.8, 4) is 11.5 Å². The van der Waals surface area contributed by atoms with Crippen LogP contribution in [-0.2, 0) is 6.54 Å². The monoisotopic (exact) mass is 293 g/mol. The highest BCUT2D eigenvalue weighted by Crippen LogP contribution is 2.39. The van der Waals surface area contributed by atoms with Gasteiger partial charge in [-0.3, -0.25) is 0 Å². The Balaban J connectivity index is 1.68. The van der Waals surface area contributed by atoms with Crippen molar-refractivity contribution in [2.24, 2.45) is 0 Å². The van der Waals surface area contributed by atoms with Crippen LogP contribution in [0.3, 0.4) is 0 Å². The van der Waals surface area contributed by atoms with E-state index >= 15 is 0 Å². The van der Waals surface area contributed by atoms with Gasteiger partial charge in [-0.25, -0.2) is 0 Å². The summed E-state index contributed by atoms with van der Waals surface area (Å²) in [5.74, 6) is 3.18. The Hall–Kier alpha value is -1.65. The number of hydrogen-bond acceptors (Lipinski definition) is 4. The van der Waals surface area contributed by atoms with Crippen LogP contribution in [0, 0.1) is 6.92 Å². The quantitative estimate of drug-likeness (QED) is 0.930. The van der Waals surface area contributed by atoms with E-state index < -0.39 is 0 Å². The minimum Gasteiger partial charge on any atom is -0.465 e. The molecule has 1 aromatic carbocycles. The molecule has 2 aromatic rings. The number of aryl methyl sites for hydroxylation is 1. The predicted octanol–water partition coefficient (Wildman–Crippen LogP) is 3.82. The van der Waals surface area contributed by atoms with Crippen molar-refractivity contribution in [3.05, 3.63) is 46.4 Å². The molecule has 4 nitrogen and oxygen atoms in total. The Labute approximate surface area is 122 Å². The van der Waals surface area contributed by atoms with Crippen LogP contribution in [0.5, 0.6) is 11.5 Å². The maximum Gasteiger partial charge on any atom is 0.231 e. The van der Waals surface area contributed by atoms with Crippen molar-refractivity contribution >= 4 is 11.6 Å². The molecule has 1 atom stereocenters. The zero-order valence-corrected chi connectivity index (χ0v) is 12.2. The van der Waals surface area contributed by atoms with Gasteiger partial charge in [0.25, 0.3) is 0 Å². The van der Waals surface area contributed by atoms with Crippen molar-refractivity contribution in [1.29, 1.82) is 0 Å². The lowest BCUT2D eigenvalue weighted by Crippen LogP contribution is -2.17. The Morgan fingerprint density at radius 2 is 2.15 bits per heavy atom. The van der Waals surface area contributed by atoms with Gasteiger partial charge in [0.15, 0.2) is 11.5 Å². The lowest BCUT2D eigenvalue weighted by Gasteiger charge is -2.12. The van der Waals surface area contributed by atoms with E-state index in [9.17, 15) is 0 Å². The number of rotatable bonds is 4. The highest BCUT2D eigenvalue weighted by molar-refractivity contribution is 6.32. The number of fused-ring (bicyclic) bond motifs is 1. The van der Waals surface area contributed by atoms with Gasteiger partial charge in [0.05, 0.1) is 11.1 Å². The average Bonchev–Trinajstić information content (AvgIpc) is 3.04. The summed E-state index contributed by atoms with van der Waals surface area (Å²) >= 11 is 6.16. The molecular formula is C15H16ClNO3. The van der Waals surface area contributed by atoms with Crippen LogP contribution in [0.15, 0.2) is 28.7 Å². The van der Waals surface area contributed by atoms with E-state index in [1.165, 1.54) is 0 Å². The molecule has 0 amide bonds. The number of hydrogen-bond donors (Lipinski definition) is 1. The molecule has 0 bridgehead atoms. The van der Waals surface area contributed by atoms with Gasteiger partial charge in [0.2, 0.25) is 6.79 Å². The van der Waals surface area contributed by atoms with E-state index in [0.717, 1.165) is 17.1 Å². The first kappa shape index (κ1) is 13.3. The molecule has 0 fully saturated rings. The SMILES string of the molecule is Cc1ccc(C(C)NCc2cc(Cl)c3c(c2)OCO3)o1. The van der Waals surface area contributed by atoms with E-state index in [1.807, 2.05) is 31.2 Å². The molecule has 1 aromatic heterocycles. The highest BCUT2D eigenvalue weighted by Gasteiger charge is 2.18. The molecule has 0 aliphatic carbocycles. The fourth-order valence-electron chi connectivity index (χ4n) is 2.18. The molecule has 1 unspecified atom stereocenters. The van der Waals surface area contributed by atoms with Crippen molar-refractivity contribution < 1.29 is 13.9 Å². The molecular weight excluding hydrogens is 278 g/mol. The fraction of sp³-hybridized carbons (Fsp3) is 0.333. The molecule has 2 heterocycles. The highest BCUT2D eigenvalue weighted by atomic mass is 35.5. The molecule has 106 valence electrons. The Morgan fingerprint density at radius 3 is 2.90 bits per heavy atom. The first-order chi connectivity index (χ1) is 9.63. The third-order valence-electron chi connectivity index (χ3n) is 3.29. The standard InChI is InChI=1S/C15H16ClNO3/c1-9-3-4-13(20-9)10(2)17-7-11-5-12(16)15-14(6-11)18-8-19-15/h3-6,10,17H,7-8H2,1-2H3. The zero-order chi connectivity index (χ0) is 14.1. The third-order valence-corrected chi connectivity index (χ3v) is 3.57. The number of benzene rings is 1. The van der Waals surface area contributed by atoms with Gasteiger partial charge in [0.1, 0.15) is 11.5 Å². The molecule has 1 aliphatic rings. The smallest absolute Gasteiger partial charge is 0.231 e. The van der Waals surface area contributed by atoms with Crippen molar-refractivity contribution in [2.75, 3.05) is 6.79 Å². The average molecular weight is 294 g/mol. The minimum atomic E-state index is 0.132. The zero-order valence-electron chi connectivity index (χ0n) is 11.4. The lowest BCUT2D eigenvalue weighted by atomic mass is 10.1. The summed E-state index contributed by atoms with van der Waals surface area (Å²) in [5.41, 5.74) is 1.05. The second-order valence-corrected chi connectivity index (χ2v) is 5.27. The second kappa shape index (κ2) is 5.38. The van der Waals surface area contributed by atoms with E-state index in [0.29, 0.717) is 23.1 Å². The largest absolute Gasteiger partial charge is 0.465 e. The molecule has 0 radical (unpaired) electrons. The summed E-state index contributed by atoms with van der Waals surface area (Å²) < 4.78 is 16.3. The molecule has 1 N–H and O–H groups in total. The molecule has 1 aliphatic heterocycles. The minimum absolute atomic E-state index is 0.132. The molecule has 0 spiro atoms. The summed E-state index contributed by atoms with van der Waals surface area (Å²) in [4.78, 5) is 0. The molecule has 3 rings (SSSR count). The van der Waals surface area contributed by atoms with Crippen LogP contribution in [0.2, 0.25) is 5.02 Å². The molecule has 0 saturated heterocycles. The van der Waals surface area contributed by atoms with Gasteiger partial charge in [0, 0.05) is 6.54 Å². The summed E-state index contributed by atoms with van der Waals surface area (Å²) in [6.07, 6.45) is 0. The fourth-order valence-corrected chi connectivity index (χ4v) is 2.47. The summed E-state index contributed by atoms with van der Waals surface area (Å²) in [6.45, 7) is 4.91. The maximum absolute atomic E-state index is 6.16. The van der Waals surface area contributed by atoms with Crippen LogP contribution >= 0.6 is 11.6 Å². The van der Waals surface area contributed by atoms with Crippen LogP contribution in [0.4, 0.5) is 0 Å². The van der Waals surface area contributed by atoms with Gasteiger partial charge < -0.3 is 19.2 Å². The summed E-state index contributed by atoms with van der Waals surface area (Å²) in [5, 5.41) is 3.98. The van der Waals surface area contributed by atoms with E-state index in [1.54, 1.807) is 0 Å². The van der Waals surface area contributed by atoms with Crippen LogP contribution in [0.25, 0.3) is 0 Å². The Bertz CT molecular complexity index is 624. The normalized spacial score (nSPS) is 14.6. The van der Waals surface area contributed by atoms with Gasteiger partial charge >= 0.3 is 0 Å². The first-order valence-corrected chi connectivity index (χ1v) is 6.89. The first-order valence-electron chi connectivity index (χ1n) is 6.51. The molecule has 0 saturated carbocycles. The van der Waals surface area contributed by atoms with Crippen molar-refractivity contribution in [3.63, 3.8) is 0 Å². The maximum atomic E-state index is 6.16. The van der Waals surface area contributed by atoms with Gasteiger partial charge in [-0.05, 0) is 43.7 Å². The Morgan fingerprint density at radius 1 is 1.30 bits per heavy atom. The number of furan rings is 1. The topological polar surface area (TPSA) is 43.6 Å². The van der Waals surface area contributed by atoms with Crippen LogP contribution < -0.4 is 14.8 Å². The van der Waals surface area contributed by atoms with Crippen molar-refractivity contribution in [2.45, 2.75) is 26.4 Å². The van der Waals surface area contributed by atoms with Crippen LogP contribution in [-0.4, -0.2) is 6.79 Å².